The molecule has 0 aliphatic heterocycles. The zero-order valence-corrected chi connectivity index (χ0v) is 17.9. The van der Waals surface area contributed by atoms with Crippen LogP contribution in [0.2, 0.25) is 0 Å². The number of pyridine rings is 1. The van der Waals surface area contributed by atoms with E-state index in [2.05, 4.69) is 15.6 Å². The van der Waals surface area contributed by atoms with Crippen LogP contribution in [0.1, 0.15) is 12.5 Å². The standard InChI is InChI=1S/C22H22N4O4S/c1-16-8-10-20(11-9-16)26(31(29,30)21-7-4-12-23-14-21)15-22(28)25-19-6-3-5-18(13-19)24-17(2)27/h3-14H,15H2,1-2H3,(H,24,27)(H,25,28). The number of nitrogens with one attached hydrogen (secondary N) is 2. The van der Waals surface area contributed by atoms with Gasteiger partial charge in [0.15, 0.2) is 0 Å². The maximum atomic E-state index is 13.2. The minimum Gasteiger partial charge on any atom is -0.326 e. The Morgan fingerprint density at radius 1 is 0.968 bits per heavy atom. The molecule has 1 aromatic heterocycles. The van der Waals surface area contributed by atoms with E-state index in [0.717, 1.165) is 9.87 Å². The number of hydrogen-bond acceptors (Lipinski definition) is 5. The van der Waals surface area contributed by atoms with E-state index in [1.54, 1.807) is 48.5 Å². The molecule has 0 radical (unpaired) electrons. The molecule has 0 aliphatic carbocycles. The highest BCUT2D eigenvalue weighted by molar-refractivity contribution is 7.92. The maximum absolute atomic E-state index is 13.2. The van der Waals surface area contributed by atoms with Crippen molar-refractivity contribution >= 4 is 38.9 Å². The van der Waals surface area contributed by atoms with Gasteiger partial charge in [-0.2, -0.15) is 0 Å². The lowest BCUT2D eigenvalue weighted by atomic mass is 10.2. The average molecular weight is 439 g/mol. The second-order valence-corrected chi connectivity index (χ2v) is 8.71. The van der Waals surface area contributed by atoms with Crippen molar-refractivity contribution in [3.63, 3.8) is 0 Å². The van der Waals surface area contributed by atoms with Gasteiger partial charge in [0.2, 0.25) is 11.8 Å². The fourth-order valence-electron chi connectivity index (χ4n) is 2.86. The van der Waals surface area contributed by atoms with Crippen LogP contribution in [0, 0.1) is 6.92 Å². The predicted octanol–water partition coefficient (Wildman–Crippen LogP) is 3.18. The fraction of sp³-hybridized carbons (Fsp3) is 0.136. The third-order valence-corrected chi connectivity index (χ3v) is 6.06. The van der Waals surface area contributed by atoms with Gasteiger partial charge in [-0.25, -0.2) is 8.42 Å². The van der Waals surface area contributed by atoms with Crippen molar-refractivity contribution in [2.24, 2.45) is 0 Å². The second kappa shape index (κ2) is 9.40. The van der Waals surface area contributed by atoms with E-state index in [0.29, 0.717) is 17.1 Å². The van der Waals surface area contributed by atoms with Crippen molar-refractivity contribution in [3.8, 4) is 0 Å². The summed E-state index contributed by atoms with van der Waals surface area (Å²) in [6.07, 6.45) is 2.72. The molecule has 2 N–H and O–H groups in total. The van der Waals surface area contributed by atoms with Gasteiger partial charge in [0.25, 0.3) is 10.0 Å². The Morgan fingerprint density at radius 2 is 1.65 bits per heavy atom. The number of carbonyl (C=O) groups is 2. The smallest absolute Gasteiger partial charge is 0.266 e. The Bertz CT molecular complexity index is 1180. The molecule has 0 atom stereocenters. The van der Waals surface area contributed by atoms with Crippen LogP contribution in [0.25, 0.3) is 0 Å². The molecular formula is C22H22N4O4S. The molecule has 0 unspecified atom stereocenters. The highest BCUT2D eigenvalue weighted by atomic mass is 32.2. The van der Waals surface area contributed by atoms with Crippen molar-refractivity contribution in [1.82, 2.24) is 4.98 Å². The summed E-state index contributed by atoms with van der Waals surface area (Å²) < 4.78 is 27.5. The molecule has 1 heterocycles. The monoisotopic (exact) mass is 438 g/mol. The first-order valence-corrected chi connectivity index (χ1v) is 10.9. The Morgan fingerprint density at radius 3 is 2.26 bits per heavy atom. The number of anilines is 3. The van der Waals surface area contributed by atoms with Crippen LogP contribution in [0.15, 0.2) is 78.0 Å². The van der Waals surface area contributed by atoms with E-state index in [1.807, 2.05) is 6.92 Å². The Labute approximate surface area is 181 Å². The Balaban J connectivity index is 1.88. The molecule has 0 saturated carbocycles. The fourth-order valence-corrected chi connectivity index (χ4v) is 4.25. The zero-order valence-electron chi connectivity index (χ0n) is 17.1. The van der Waals surface area contributed by atoms with Gasteiger partial charge >= 0.3 is 0 Å². The number of nitrogens with zero attached hydrogens (tertiary/aromatic N) is 2. The third-order valence-electron chi connectivity index (χ3n) is 4.30. The van der Waals surface area contributed by atoms with Gasteiger partial charge in [-0.3, -0.25) is 18.9 Å². The van der Waals surface area contributed by atoms with E-state index >= 15 is 0 Å². The Hall–Kier alpha value is -3.72. The van der Waals surface area contributed by atoms with Crippen LogP contribution in [0.3, 0.4) is 0 Å². The van der Waals surface area contributed by atoms with Crippen LogP contribution in [0.5, 0.6) is 0 Å². The van der Waals surface area contributed by atoms with Crippen molar-refractivity contribution in [1.29, 1.82) is 0 Å². The van der Waals surface area contributed by atoms with Crippen molar-refractivity contribution in [2.75, 3.05) is 21.5 Å². The van der Waals surface area contributed by atoms with Crippen molar-refractivity contribution in [2.45, 2.75) is 18.7 Å². The van der Waals surface area contributed by atoms with Crippen LogP contribution in [-0.2, 0) is 19.6 Å². The van der Waals surface area contributed by atoms with E-state index < -0.39 is 22.5 Å². The van der Waals surface area contributed by atoms with Crippen LogP contribution in [0.4, 0.5) is 17.1 Å². The quantitative estimate of drug-likeness (QED) is 0.589. The molecule has 9 heteroatoms. The molecule has 2 aromatic carbocycles. The molecule has 0 bridgehead atoms. The minimum absolute atomic E-state index is 0.0176. The normalized spacial score (nSPS) is 10.9. The van der Waals surface area contributed by atoms with Crippen molar-refractivity contribution in [3.05, 3.63) is 78.6 Å². The molecular weight excluding hydrogens is 416 g/mol. The topological polar surface area (TPSA) is 108 Å². The molecule has 0 fully saturated rings. The first-order valence-electron chi connectivity index (χ1n) is 9.42. The molecule has 0 saturated heterocycles. The van der Waals surface area contributed by atoms with E-state index in [4.69, 9.17) is 0 Å². The number of hydrogen-bond donors (Lipinski definition) is 2. The number of sulfonamides is 1. The lowest BCUT2D eigenvalue weighted by molar-refractivity contribution is -0.115. The summed E-state index contributed by atoms with van der Waals surface area (Å²) in [5, 5.41) is 5.31. The summed E-state index contributed by atoms with van der Waals surface area (Å²) in [5.41, 5.74) is 2.26. The largest absolute Gasteiger partial charge is 0.326 e. The first-order chi connectivity index (χ1) is 14.8. The number of aromatic nitrogens is 1. The van der Waals surface area contributed by atoms with Gasteiger partial charge in [-0.15, -0.1) is 0 Å². The molecule has 31 heavy (non-hydrogen) atoms. The van der Waals surface area contributed by atoms with Gasteiger partial charge in [-0.05, 0) is 49.4 Å². The highest BCUT2D eigenvalue weighted by Crippen LogP contribution is 2.24. The average Bonchev–Trinajstić information content (AvgIpc) is 2.73. The maximum Gasteiger partial charge on any atom is 0.266 e. The van der Waals surface area contributed by atoms with Gasteiger partial charge in [0, 0.05) is 30.7 Å². The zero-order chi connectivity index (χ0) is 22.4. The Kier molecular flexibility index (Phi) is 6.66. The number of rotatable bonds is 7. The summed E-state index contributed by atoms with van der Waals surface area (Å²) in [7, 11) is -4.03. The molecule has 160 valence electrons. The molecule has 0 spiro atoms. The van der Waals surface area contributed by atoms with Crippen LogP contribution >= 0.6 is 0 Å². The van der Waals surface area contributed by atoms with E-state index in [9.17, 15) is 18.0 Å². The number of aryl methyl sites for hydroxylation is 1. The van der Waals surface area contributed by atoms with E-state index in [-0.39, 0.29) is 10.8 Å². The summed E-state index contributed by atoms with van der Waals surface area (Å²) in [4.78, 5) is 27.9. The van der Waals surface area contributed by atoms with Gasteiger partial charge in [0.05, 0.1) is 5.69 Å². The molecule has 3 aromatic rings. The summed E-state index contributed by atoms with van der Waals surface area (Å²) >= 11 is 0. The molecule has 0 aliphatic rings. The summed E-state index contributed by atoms with van der Waals surface area (Å²) in [6.45, 7) is 2.83. The minimum atomic E-state index is -4.03. The number of benzene rings is 2. The van der Waals surface area contributed by atoms with Gasteiger partial charge in [0.1, 0.15) is 11.4 Å². The SMILES string of the molecule is CC(=O)Nc1cccc(NC(=O)CN(c2ccc(C)cc2)S(=O)(=O)c2cccnc2)c1. The molecule has 3 rings (SSSR count). The second-order valence-electron chi connectivity index (χ2n) is 6.85. The summed E-state index contributed by atoms with van der Waals surface area (Å²) in [5.74, 6) is -0.774. The van der Waals surface area contributed by atoms with Gasteiger partial charge < -0.3 is 10.6 Å². The molecule has 8 nitrogen and oxygen atoms in total. The molecule has 2 amide bonds. The lowest BCUT2D eigenvalue weighted by Gasteiger charge is -2.24. The lowest BCUT2D eigenvalue weighted by Crippen LogP contribution is -2.38. The summed E-state index contributed by atoms with van der Waals surface area (Å²) in [6, 6.07) is 16.4. The number of amides is 2. The van der Waals surface area contributed by atoms with Crippen LogP contribution < -0.4 is 14.9 Å². The van der Waals surface area contributed by atoms with Gasteiger partial charge in [-0.1, -0.05) is 23.8 Å². The first kappa shape index (κ1) is 22.0. The third kappa shape index (κ3) is 5.67. The van der Waals surface area contributed by atoms with E-state index in [1.165, 1.54) is 31.5 Å². The predicted molar refractivity (Wildman–Crippen MR) is 119 cm³/mol. The highest BCUT2D eigenvalue weighted by Gasteiger charge is 2.27. The number of carbonyl (C=O) groups excluding carboxylic acids is 2. The van der Waals surface area contributed by atoms with Crippen molar-refractivity contribution < 1.29 is 18.0 Å². The van der Waals surface area contributed by atoms with Crippen LogP contribution in [-0.4, -0.2) is 31.8 Å².